The third-order valence-electron chi connectivity index (χ3n) is 3.40. The van der Waals surface area contributed by atoms with E-state index in [4.69, 9.17) is 9.88 Å². The quantitative estimate of drug-likeness (QED) is 0.506. The van der Waals surface area contributed by atoms with Crippen LogP contribution in [0, 0.1) is 17.0 Å². The molecule has 0 saturated heterocycles. The minimum absolute atomic E-state index is 0.109. The van der Waals surface area contributed by atoms with Crippen LogP contribution in [0.2, 0.25) is 0 Å². The monoisotopic (exact) mass is 314 g/mol. The van der Waals surface area contributed by atoms with Gasteiger partial charge in [-0.1, -0.05) is 0 Å². The zero-order chi connectivity index (χ0) is 15.8. The molecule has 0 unspecified atom stereocenters. The van der Waals surface area contributed by atoms with Crippen molar-refractivity contribution in [2.24, 2.45) is 5.14 Å². The van der Waals surface area contributed by atoms with Crippen molar-refractivity contribution in [3.05, 3.63) is 33.4 Å². The normalized spacial score (nSPS) is 15.3. The number of primary sulfonamides is 1. The number of benzene rings is 1. The molecule has 0 aliphatic heterocycles. The first-order valence-corrected chi connectivity index (χ1v) is 7.77. The van der Waals surface area contributed by atoms with Crippen molar-refractivity contribution in [1.29, 1.82) is 0 Å². The van der Waals surface area contributed by atoms with Gasteiger partial charge in [0.05, 0.1) is 15.4 Å². The summed E-state index contributed by atoms with van der Waals surface area (Å²) in [5.74, 6) is -0.785. The number of carbonyl (C=O) groups is 1. The summed E-state index contributed by atoms with van der Waals surface area (Å²) in [5, 5.41) is 16.0. The van der Waals surface area contributed by atoms with Gasteiger partial charge in [-0.15, -0.1) is 0 Å². The Labute approximate surface area is 121 Å². The molecule has 1 aromatic carbocycles. The number of ether oxygens (including phenoxy) is 1. The Balaban J connectivity index is 2.48. The van der Waals surface area contributed by atoms with E-state index in [1.165, 1.54) is 6.92 Å². The molecule has 21 heavy (non-hydrogen) atoms. The van der Waals surface area contributed by atoms with E-state index in [0.29, 0.717) is 0 Å². The fourth-order valence-corrected chi connectivity index (χ4v) is 2.81. The predicted molar refractivity (Wildman–Crippen MR) is 72.3 cm³/mol. The summed E-state index contributed by atoms with van der Waals surface area (Å²) in [7, 11) is -4.18. The van der Waals surface area contributed by atoms with Gasteiger partial charge in [0.2, 0.25) is 10.0 Å². The number of esters is 1. The molecule has 2 rings (SSSR count). The van der Waals surface area contributed by atoms with Crippen LogP contribution in [0.5, 0.6) is 0 Å². The van der Waals surface area contributed by atoms with E-state index in [-0.39, 0.29) is 17.2 Å². The number of nitrogens with two attached hydrogens (primary N) is 1. The number of nitro benzene ring substituents is 1. The maximum atomic E-state index is 11.9. The maximum Gasteiger partial charge on any atom is 0.338 e. The first kappa shape index (κ1) is 15.4. The lowest BCUT2D eigenvalue weighted by molar-refractivity contribution is -0.385. The van der Waals surface area contributed by atoms with Crippen LogP contribution >= 0.6 is 0 Å². The summed E-state index contributed by atoms with van der Waals surface area (Å²) in [4.78, 5) is 21.7. The molecule has 0 aromatic heterocycles. The molecule has 8 nitrogen and oxygen atoms in total. The smallest absolute Gasteiger partial charge is 0.338 e. The second kappa shape index (κ2) is 5.41. The molecule has 0 atom stereocenters. The van der Waals surface area contributed by atoms with Crippen molar-refractivity contribution in [3.63, 3.8) is 0 Å². The molecule has 1 saturated carbocycles. The molecular weight excluding hydrogens is 300 g/mol. The van der Waals surface area contributed by atoms with Crippen molar-refractivity contribution in [2.45, 2.75) is 37.2 Å². The van der Waals surface area contributed by atoms with E-state index >= 15 is 0 Å². The van der Waals surface area contributed by atoms with E-state index in [2.05, 4.69) is 0 Å². The van der Waals surface area contributed by atoms with Gasteiger partial charge < -0.3 is 4.74 Å². The lowest BCUT2D eigenvalue weighted by atomic mass is 9.96. The van der Waals surface area contributed by atoms with Crippen LogP contribution in [-0.4, -0.2) is 25.4 Å². The number of rotatable bonds is 4. The van der Waals surface area contributed by atoms with Gasteiger partial charge in [0.1, 0.15) is 6.10 Å². The van der Waals surface area contributed by atoms with Crippen LogP contribution in [0.3, 0.4) is 0 Å². The second-order valence-corrected chi connectivity index (χ2v) is 6.41. The highest BCUT2D eigenvalue weighted by molar-refractivity contribution is 7.89. The Kier molecular flexibility index (Phi) is 3.97. The van der Waals surface area contributed by atoms with Crippen molar-refractivity contribution in [1.82, 2.24) is 0 Å². The van der Waals surface area contributed by atoms with Crippen LogP contribution in [0.4, 0.5) is 5.69 Å². The van der Waals surface area contributed by atoms with Crippen LogP contribution in [0.1, 0.15) is 35.2 Å². The van der Waals surface area contributed by atoms with Crippen molar-refractivity contribution in [3.8, 4) is 0 Å². The third-order valence-corrected chi connectivity index (χ3v) is 4.43. The molecule has 0 radical (unpaired) electrons. The van der Waals surface area contributed by atoms with E-state index in [0.717, 1.165) is 31.4 Å². The van der Waals surface area contributed by atoms with Crippen molar-refractivity contribution < 1.29 is 22.9 Å². The number of nitro groups is 1. The Morgan fingerprint density at radius 3 is 2.48 bits per heavy atom. The highest BCUT2D eigenvalue weighted by Crippen LogP contribution is 2.28. The molecule has 0 spiro atoms. The molecular formula is C12H14N2O6S. The predicted octanol–water partition coefficient (Wildman–Crippen LogP) is 1.26. The summed E-state index contributed by atoms with van der Waals surface area (Å²) in [6, 6.07) is 2.02. The largest absolute Gasteiger partial charge is 0.459 e. The van der Waals surface area contributed by atoms with E-state index in [9.17, 15) is 23.3 Å². The molecule has 9 heteroatoms. The number of sulfonamides is 1. The Hall–Kier alpha value is -2.00. The molecule has 2 N–H and O–H groups in total. The highest BCUT2D eigenvalue weighted by atomic mass is 32.2. The lowest BCUT2D eigenvalue weighted by Gasteiger charge is -2.25. The van der Waals surface area contributed by atoms with Crippen LogP contribution in [-0.2, 0) is 14.8 Å². The van der Waals surface area contributed by atoms with Gasteiger partial charge in [-0.05, 0) is 32.3 Å². The highest BCUT2D eigenvalue weighted by Gasteiger charge is 2.27. The molecule has 1 fully saturated rings. The summed E-state index contributed by atoms with van der Waals surface area (Å²) >= 11 is 0. The fourth-order valence-electron chi connectivity index (χ4n) is 1.98. The standard InChI is InChI=1S/C12H14N2O6S/c1-7-10(14(16)17)5-8(6-11(7)21(13,18)19)12(15)20-9-3-2-4-9/h5-6,9H,2-4H2,1H3,(H2,13,18,19). The molecule has 0 bridgehead atoms. The first-order chi connectivity index (χ1) is 9.70. The van der Waals surface area contributed by atoms with E-state index in [1.807, 2.05) is 0 Å². The van der Waals surface area contributed by atoms with Crippen LogP contribution in [0.15, 0.2) is 17.0 Å². The third kappa shape index (κ3) is 3.19. The van der Waals surface area contributed by atoms with E-state index in [1.54, 1.807) is 0 Å². The average Bonchev–Trinajstić information content (AvgIpc) is 2.31. The number of nitrogens with zero attached hydrogens (tertiary/aromatic N) is 1. The molecule has 1 aliphatic rings. The average molecular weight is 314 g/mol. The van der Waals surface area contributed by atoms with Crippen molar-refractivity contribution >= 4 is 21.7 Å². The number of hydrogen-bond acceptors (Lipinski definition) is 6. The Morgan fingerprint density at radius 1 is 1.43 bits per heavy atom. The number of hydrogen-bond donors (Lipinski definition) is 1. The zero-order valence-corrected chi connectivity index (χ0v) is 12.1. The minimum Gasteiger partial charge on any atom is -0.459 e. The van der Waals surface area contributed by atoms with Gasteiger partial charge in [0.25, 0.3) is 5.69 Å². The molecule has 1 aromatic rings. The van der Waals surface area contributed by atoms with Gasteiger partial charge in [-0.25, -0.2) is 18.4 Å². The van der Waals surface area contributed by atoms with Crippen LogP contribution in [0.25, 0.3) is 0 Å². The summed E-state index contributed by atoms with van der Waals surface area (Å²) < 4.78 is 28.1. The molecule has 0 amide bonds. The van der Waals surface area contributed by atoms with Crippen molar-refractivity contribution in [2.75, 3.05) is 0 Å². The van der Waals surface area contributed by atoms with Gasteiger partial charge >= 0.3 is 5.97 Å². The van der Waals surface area contributed by atoms with Gasteiger partial charge in [0, 0.05) is 11.6 Å². The topological polar surface area (TPSA) is 130 Å². The van der Waals surface area contributed by atoms with Gasteiger partial charge in [-0.3, -0.25) is 10.1 Å². The van der Waals surface area contributed by atoms with E-state index < -0.39 is 31.5 Å². The maximum absolute atomic E-state index is 11.9. The number of carbonyl (C=O) groups excluding carboxylic acids is 1. The molecule has 1 aliphatic carbocycles. The minimum atomic E-state index is -4.18. The summed E-state index contributed by atoms with van der Waals surface area (Å²) in [5.41, 5.74) is -0.784. The first-order valence-electron chi connectivity index (χ1n) is 6.23. The van der Waals surface area contributed by atoms with Crippen LogP contribution < -0.4 is 5.14 Å². The SMILES string of the molecule is Cc1c([N+](=O)[O-])cc(C(=O)OC2CCC2)cc1S(N)(=O)=O. The Morgan fingerprint density at radius 2 is 2.05 bits per heavy atom. The lowest BCUT2D eigenvalue weighted by Crippen LogP contribution is -2.25. The fraction of sp³-hybridized carbons (Fsp3) is 0.417. The zero-order valence-electron chi connectivity index (χ0n) is 11.2. The van der Waals surface area contributed by atoms with Gasteiger partial charge in [-0.2, -0.15) is 0 Å². The summed E-state index contributed by atoms with van der Waals surface area (Å²) in [6.45, 7) is 1.26. The second-order valence-electron chi connectivity index (χ2n) is 4.88. The summed E-state index contributed by atoms with van der Waals surface area (Å²) in [6.07, 6.45) is 2.22. The molecule has 0 heterocycles. The Bertz CT molecular complexity index is 709. The molecule has 114 valence electrons. The van der Waals surface area contributed by atoms with Gasteiger partial charge in [0.15, 0.2) is 0 Å².